The van der Waals surface area contributed by atoms with Crippen LogP contribution in [-0.2, 0) is 0 Å². The van der Waals surface area contributed by atoms with E-state index < -0.39 is 0 Å². The minimum Gasteiger partial charge on any atom is -0.437 e. The van der Waals surface area contributed by atoms with E-state index in [0.29, 0.717) is 11.0 Å². The first-order valence-electron chi connectivity index (χ1n) is 7.92. The second kappa shape index (κ2) is 6.86. The molecule has 0 unspecified atom stereocenters. The molecule has 0 N–H and O–H groups in total. The van der Waals surface area contributed by atoms with Crippen molar-refractivity contribution >= 4 is 43.4 Å². The molecule has 4 rings (SSSR count). The number of nitrogens with zero attached hydrogens (tertiary/aromatic N) is 2. The number of benzene rings is 2. The largest absolute Gasteiger partial charge is 0.437 e. The van der Waals surface area contributed by atoms with Gasteiger partial charge in [0, 0.05) is 15.8 Å². The van der Waals surface area contributed by atoms with Gasteiger partial charge < -0.3 is 4.74 Å². The molecule has 124 valence electrons. The van der Waals surface area contributed by atoms with Crippen molar-refractivity contribution in [3.05, 3.63) is 66.7 Å². The van der Waals surface area contributed by atoms with E-state index in [-0.39, 0.29) is 0 Å². The van der Waals surface area contributed by atoms with E-state index in [1.807, 2.05) is 49.4 Å². The lowest BCUT2D eigenvalue weighted by Gasteiger charge is -2.09. The maximum atomic E-state index is 6.19. The van der Waals surface area contributed by atoms with Crippen LogP contribution in [0.15, 0.2) is 66.3 Å². The summed E-state index contributed by atoms with van der Waals surface area (Å²) < 4.78 is 8.36. The summed E-state index contributed by atoms with van der Waals surface area (Å²) in [6.45, 7) is 5.81. The lowest BCUT2D eigenvalue weighted by atomic mass is 10.2. The second-order valence-corrected chi connectivity index (χ2v) is 7.59. The first-order chi connectivity index (χ1) is 12.3. The molecule has 2 heterocycles. The third-order valence-electron chi connectivity index (χ3n) is 3.80. The zero-order chi connectivity index (χ0) is 17.2. The van der Waals surface area contributed by atoms with Crippen LogP contribution in [0.2, 0.25) is 0 Å². The van der Waals surface area contributed by atoms with Crippen LogP contribution in [0, 0.1) is 6.92 Å². The summed E-state index contributed by atoms with van der Waals surface area (Å²) in [6, 6.07) is 16.3. The van der Waals surface area contributed by atoms with Gasteiger partial charge >= 0.3 is 0 Å². The summed E-state index contributed by atoms with van der Waals surface area (Å²) in [6.07, 6.45) is 1.85. The Bertz CT molecular complexity index is 1070. The Morgan fingerprint density at radius 2 is 1.92 bits per heavy atom. The molecule has 2 aromatic carbocycles. The van der Waals surface area contributed by atoms with Gasteiger partial charge in [0.1, 0.15) is 10.4 Å². The summed E-state index contributed by atoms with van der Waals surface area (Å²) in [4.78, 5) is 9.42. The van der Waals surface area contributed by atoms with Gasteiger partial charge in [-0.05, 0) is 24.6 Å². The van der Waals surface area contributed by atoms with Crippen molar-refractivity contribution in [3.8, 4) is 11.6 Å². The molecule has 25 heavy (non-hydrogen) atoms. The number of fused-ring (bicyclic) bond motifs is 3. The monoisotopic (exact) mass is 364 g/mol. The maximum absolute atomic E-state index is 6.19. The number of para-hydroxylation sites is 1. The lowest BCUT2D eigenvalue weighted by molar-refractivity contribution is 0.460. The molecule has 3 nitrogen and oxygen atoms in total. The molecule has 0 radical (unpaired) electrons. The van der Waals surface area contributed by atoms with Crippen LogP contribution in [0.4, 0.5) is 0 Å². The lowest BCUT2D eigenvalue weighted by Crippen LogP contribution is -1.94. The van der Waals surface area contributed by atoms with Crippen molar-refractivity contribution in [1.82, 2.24) is 9.97 Å². The Labute approximate surface area is 154 Å². The van der Waals surface area contributed by atoms with Crippen LogP contribution in [0.5, 0.6) is 11.6 Å². The van der Waals surface area contributed by atoms with Crippen LogP contribution in [-0.4, -0.2) is 15.7 Å². The van der Waals surface area contributed by atoms with E-state index in [2.05, 4.69) is 23.7 Å². The quantitative estimate of drug-likeness (QED) is 0.239. The Morgan fingerprint density at radius 3 is 2.76 bits per heavy atom. The average molecular weight is 364 g/mol. The van der Waals surface area contributed by atoms with Gasteiger partial charge in [-0.3, -0.25) is 0 Å². The van der Waals surface area contributed by atoms with E-state index in [1.165, 1.54) is 4.70 Å². The van der Waals surface area contributed by atoms with Gasteiger partial charge in [-0.15, -0.1) is 17.9 Å². The minimum atomic E-state index is 0.618. The number of aromatic nitrogens is 2. The van der Waals surface area contributed by atoms with Crippen molar-refractivity contribution in [2.45, 2.75) is 12.1 Å². The minimum absolute atomic E-state index is 0.618. The number of thioether (sulfide) groups is 1. The summed E-state index contributed by atoms with van der Waals surface area (Å²) >= 11 is 3.23. The Balaban J connectivity index is 1.91. The Morgan fingerprint density at radius 1 is 1.12 bits per heavy atom. The highest BCUT2D eigenvalue weighted by atomic mass is 32.2. The van der Waals surface area contributed by atoms with E-state index in [0.717, 1.165) is 32.7 Å². The molecule has 0 aliphatic heterocycles. The highest BCUT2D eigenvalue weighted by Gasteiger charge is 2.16. The second-order valence-electron chi connectivity index (χ2n) is 5.55. The van der Waals surface area contributed by atoms with Gasteiger partial charge in [-0.2, -0.15) is 4.98 Å². The van der Waals surface area contributed by atoms with Crippen LogP contribution in [0.1, 0.15) is 5.56 Å². The Kier molecular flexibility index (Phi) is 4.42. The van der Waals surface area contributed by atoms with Crippen LogP contribution in [0.3, 0.4) is 0 Å². The van der Waals surface area contributed by atoms with Gasteiger partial charge in [-0.1, -0.05) is 54.2 Å². The van der Waals surface area contributed by atoms with E-state index in [4.69, 9.17) is 9.72 Å². The standard InChI is InChI=1S/C20H16N2OS2/c1-3-12-24-20-21-17-14-9-5-7-11-16(14)25-18(17)19(22-20)23-15-10-6-4-8-13(15)2/h3-11H,1,12H2,2H3. The molecule has 2 aromatic heterocycles. The molecule has 0 aliphatic rings. The zero-order valence-electron chi connectivity index (χ0n) is 13.7. The molecule has 4 aromatic rings. The highest BCUT2D eigenvalue weighted by molar-refractivity contribution is 7.99. The maximum Gasteiger partial charge on any atom is 0.241 e. The fourth-order valence-electron chi connectivity index (χ4n) is 2.59. The molecule has 0 bridgehead atoms. The highest BCUT2D eigenvalue weighted by Crippen LogP contribution is 2.40. The normalized spacial score (nSPS) is 11.1. The summed E-state index contributed by atoms with van der Waals surface area (Å²) in [7, 11) is 0. The fraction of sp³-hybridized carbons (Fsp3) is 0.100. The molecule has 0 saturated heterocycles. The van der Waals surface area contributed by atoms with Gasteiger partial charge in [-0.25, -0.2) is 4.98 Å². The molecule has 0 atom stereocenters. The van der Waals surface area contributed by atoms with Crippen molar-refractivity contribution in [3.63, 3.8) is 0 Å². The summed E-state index contributed by atoms with van der Waals surface area (Å²) in [5, 5.41) is 1.85. The molecule has 0 fully saturated rings. The van der Waals surface area contributed by atoms with E-state index in [9.17, 15) is 0 Å². The zero-order valence-corrected chi connectivity index (χ0v) is 15.4. The molecular formula is C20H16N2OS2. The molecule has 5 heteroatoms. The molecule has 0 saturated carbocycles. The summed E-state index contributed by atoms with van der Waals surface area (Å²) in [5.74, 6) is 2.20. The van der Waals surface area contributed by atoms with Gasteiger partial charge in [0.15, 0.2) is 5.16 Å². The first-order valence-corrected chi connectivity index (χ1v) is 9.73. The number of thiophene rings is 1. The SMILES string of the molecule is C=CCSc1nc(Oc2ccccc2C)c2sc3ccccc3c2n1. The topological polar surface area (TPSA) is 35.0 Å². The smallest absolute Gasteiger partial charge is 0.241 e. The van der Waals surface area contributed by atoms with Crippen LogP contribution in [0.25, 0.3) is 20.3 Å². The van der Waals surface area contributed by atoms with Crippen molar-refractivity contribution in [2.75, 3.05) is 5.75 Å². The van der Waals surface area contributed by atoms with E-state index in [1.54, 1.807) is 23.1 Å². The number of hydrogen-bond donors (Lipinski definition) is 0. The molecule has 0 amide bonds. The predicted octanol–water partition coefficient (Wildman–Crippen LogP) is 6.22. The third kappa shape index (κ3) is 3.13. The van der Waals surface area contributed by atoms with Gasteiger partial charge in [0.2, 0.25) is 5.88 Å². The Hall–Kier alpha value is -2.37. The average Bonchev–Trinajstić information content (AvgIpc) is 3.01. The van der Waals surface area contributed by atoms with Gasteiger partial charge in [0.25, 0.3) is 0 Å². The van der Waals surface area contributed by atoms with Crippen molar-refractivity contribution in [2.24, 2.45) is 0 Å². The third-order valence-corrected chi connectivity index (χ3v) is 5.79. The van der Waals surface area contributed by atoms with Gasteiger partial charge in [0.05, 0.1) is 5.52 Å². The van der Waals surface area contributed by atoms with Crippen LogP contribution >= 0.6 is 23.1 Å². The van der Waals surface area contributed by atoms with E-state index >= 15 is 0 Å². The molecule has 0 spiro atoms. The van der Waals surface area contributed by atoms with Crippen molar-refractivity contribution < 1.29 is 4.74 Å². The number of aryl methyl sites for hydroxylation is 1. The first kappa shape index (κ1) is 16.1. The predicted molar refractivity (Wildman–Crippen MR) is 107 cm³/mol. The number of rotatable bonds is 5. The number of hydrogen-bond acceptors (Lipinski definition) is 5. The fourth-order valence-corrected chi connectivity index (χ4v) is 4.23. The molecule has 0 aliphatic carbocycles. The van der Waals surface area contributed by atoms with Crippen LogP contribution < -0.4 is 4.74 Å². The van der Waals surface area contributed by atoms with Crippen molar-refractivity contribution in [1.29, 1.82) is 0 Å². The number of ether oxygens (including phenoxy) is 1. The molecular weight excluding hydrogens is 348 g/mol. The summed E-state index contributed by atoms with van der Waals surface area (Å²) in [5.41, 5.74) is 2.03.